The van der Waals surface area contributed by atoms with Crippen LogP contribution in [0.2, 0.25) is 5.02 Å². The maximum absolute atomic E-state index is 11.8. The van der Waals surface area contributed by atoms with E-state index in [4.69, 9.17) is 16.7 Å². The van der Waals surface area contributed by atoms with Crippen LogP contribution in [0.1, 0.15) is 38.1 Å². The number of aliphatic hydroxyl groups is 1. The van der Waals surface area contributed by atoms with Crippen LogP contribution in [0.5, 0.6) is 0 Å². The SMILES string of the molecule is Cc1nn(CC(=O)NCCCC(C)(C)CO)c(C)c1Cl. The molecule has 1 amide bonds. The number of hydrogen-bond donors (Lipinski definition) is 2. The fourth-order valence-electron chi connectivity index (χ4n) is 1.89. The van der Waals surface area contributed by atoms with Crippen LogP contribution in [-0.2, 0) is 11.3 Å². The quantitative estimate of drug-likeness (QED) is 0.758. The highest BCUT2D eigenvalue weighted by Gasteiger charge is 2.16. The van der Waals surface area contributed by atoms with Gasteiger partial charge in [-0.1, -0.05) is 25.4 Å². The van der Waals surface area contributed by atoms with Crippen LogP contribution in [0.3, 0.4) is 0 Å². The summed E-state index contributed by atoms with van der Waals surface area (Å²) < 4.78 is 1.62. The Balaban J connectivity index is 2.36. The van der Waals surface area contributed by atoms with Gasteiger partial charge in [-0.05, 0) is 32.1 Å². The molecule has 0 unspecified atom stereocenters. The summed E-state index contributed by atoms with van der Waals surface area (Å²) in [4.78, 5) is 11.8. The molecule has 114 valence electrons. The zero-order valence-corrected chi connectivity index (χ0v) is 13.4. The van der Waals surface area contributed by atoms with E-state index in [0.29, 0.717) is 11.6 Å². The van der Waals surface area contributed by atoms with Crippen LogP contribution in [-0.4, -0.2) is 33.9 Å². The predicted octanol–water partition coefficient (Wildman–Crippen LogP) is 2.07. The molecule has 0 saturated carbocycles. The lowest BCUT2D eigenvalue weighted by Gasteiger charge is -2.21. The molecule has 0 aromatic carbocycles. The van der Waals surface area contributed by atoms with Crippen molar-refractivity contribution in [3.63, 3.8) is 0 Å². The standard InChI is InChI=1S/C14H24ClN3O2/c1-10-13(15)11(2)18(17-10)8-12(20)16-7-5-6-14(3,4)9-19/h19H,5-9H2,1-4H3,(H,16,20). The number of halogens is 1. The molecular formula is C14H24ClN3O2. The lowest BCUT2D eigenvalue weighted by molar-refractivity contribution is -0.121. The fourth-order valence-corrected chi connectivity index (χ4v) is 2.03. The van der Waals surface area contributed by atoms with Gasteiger partial charge in [-0.25, -0.2) is 0 Å². The summed E-state index contributed by atoms with van der Waals surface area (Å²) in [6.07, 6.45) is 1.71. The monoisotopic (exact) mass is 301 g/mol. The highest BCUT2D eigenvalue weighted by Crippen LogP contribution is 2.20. The first-order valence-electron chi connectivity index (χ1n) is 6.84. The number of carbonyl (C=O) groups excluding carboxylic acids is 1. The summed E-state index contributed by atoms with van der Waals surface area (Å²) in [6, 6.07) is 0. The number of rotatable bonds is 7. The number of amides is 1. The second kappa shape index (κ2) is 7.09. The molecule has 1 heterocycles. The third-order valence-electron chi connectivity index (χ3n) is 3.37. The van der Waals surface area contributed by atoms with Crippen molar-refractivity contribution in [2.24, 2.45) is 5.41 Å². The molecule has 2 N–H and O–H groups in total. The second-order valence-corrected chi connectivity index (χ2v) is 6.30. The molecule has 0 fully saturated rings. The molecule has 6 heteroatoms. The third-order valence-corrected chi connectivity index (χ3v) is 3.91. The third kappa shape index (κ3) is 4.80. The van der Waals surface area contributed by atoms with E-state index in [0.717, 1.165) is 24.2 Å². The predicted molar refractivity (Wildman–Crippen MR) is 79.8 cm³/mol. The lowest BCUT2D eigenvalue weighted by atomic mass is 9.89. The first kappa shape index (κ1) is 17.0. The van der Waals surface area contributed by atoms with E-state index in [1.54, 1.807) is 4.68 Å². The number of hydrogen-bond acceptors (Lipinski definition) is 3. The van der Waals surface area contributed by atoms with Crippen LogP contribution in [0.25, 0.3) is 0 Å². The molecule has 0 aliphatic heterocycles. The van der Waals surface area contributed by atoms with Crippen molar-refractivity contribution in [2.75, 3.05) is 13.2 Å². The molecule has 0 atom stereocenters. The van der Waals surface area contributed by atoms with Gasteiger partial charge in [0.1, 0.15) is 6.54 Å². The van der Waals surface area contributed by atoms with E-state index < -0.39 is 0 Å². The molecule has 5 nitrogen and oxygen atoms in total. The first-order valence-corrected chi connectivity index (χ1v) is 7.21. The normalized spacial score (nSPS) is 11.7. The maximum atomic E-state index is 11.8. The smallest absolute Gasteiger partial charge is 0.241 e. The van der Waals surface area contributed by atoms with Gasteiger partial charge in [0, 0.05) is 13.2 Å². The molecule has 1 aromatic rings. The van der Waals surface area contributed by atoms with Crippen LogP contribution < -0.4 is 5.32 Å². The minimum atomic E-state index is -0.0893. The zero-order valence-electron chi connectivity index (χ0n) is 12.7. The van der Waals surface area contributed by atoms with Gasteiger partial charge in [-0.2, -0.15) is 5.10 Å². The van der Waals surface area contributed by atoms with Gasteiger partial charge in [0.2, 0.25) is 5.91 Å². The van der Waals surface area contributed by atoms with E-state index in [9.17, 15) is 4.79 Å². The molecule has 0 bridgehead atoms. The lowest BCUT2D eigenvalue weighted by Crippen LogP contribution is -2.30. The topological polar surface area (TPSA) is 67.2 Å². The van der Waals surface area contributed by atoms with E-state index in [2.05, 4.69) is 10.4 Å². The molecule has 0 aliphatic carbocycles. The van der Waals surface area contributed by atoms with Crippen LogP contribution >= 0.6 is 11.6 Å². The average molecular weight is 302 g/mol. The summed E-state index contributed by atoms with van der Waals surface area (Å²) in [5.41, 5.74) is 1.45. The Kier molecular flexibility index (Phi) is 6.02. The van der Waals surface area contributed by atoms with Crippen LogP contribution in [0, 0.1) is 19.3 Å². The van der Waals surface area contributed by atoms with Crippen LogP contribution in [0.4, 0.5) is 0 Å². The second-order valence-electron chi connectivity index (χ2n) is 5.92. The van der Waals surface area contributed by atoms with Crippen molar-refractivity contribution in [3.05, 3.63) is 16.4 Å². The Morgan fingerprint density at radius 1 is 1.45 bits per heavy atom. The van der Waals surface area contributed by atoms with Gasteiger partial charge in [-0.3, -0.25) is 9.48 Å². The zero-order chi connectivity index (χ0) is 15.3. The Morgan fingerprint density at radius 2 is 2.10 bits per heavy atom. The molecule has 20 heavy (non-hydrogen) atoms. The van der Waals surface area contributed by atoms with Crippen molar-refractivity contribution in [2.45, 2.75) is 47.1 Å². The van der Waals surface area contributed by atoms with E-state index >= 15 is 0 Å². The largest absolute Gasteiger partial charge is 0.396 e. The number of nitrogens with zero attached hydrogens (tertiary/aromatic N) is 2. The van der Waals surface area contributed by atoms with Crippen molar-refractivity contribution in [1.29, 1.82) is 0 Å². The summed E-state index contributed by atoms with van der Waals surface area (Å²) in [5.74, 6) is -0.0749. The number of aromatic nitrogens is 2. The highest BCUT2D eigenvalue weighted by atomic mass is 35.5. The number of carbonyl (C=O) groups is 1. The van der Waals surface area contributed by atoms with Gasteiger partial charge in [0.25, 0.3) is 0 Å². The molecule has 0 radical (unpaired) electrons. The van der Waals surface area contributed by atoms with Gasteiger partial charge in [0.15, 0.2) is 0 Å². The van der Waals surface area contributed by atoms with Crippen LogP contribution in [0.15, 0.2) is 0 Å². The molecule has 0 spiro atoms. The maximum Gasteiger partial charge on any atom is 0.241 e. The molecular weight excluding hydrogens is 278 g/mol. The Morgan fingerprint density at radius 3 is 2.60 bits per heavy atom. The number of aliphatic hydroxyl groups excluding tert-OH is 1. The molecule has 0 aliphatic rings. The molecule has 1 rings (SSSR count). The van der Waals surface area contributed by atoms with E-state index in [1.807, 2.05) is 27.7 Å². The summed E-state index contributed by atoms with van der Waals surface area (Å²) in [7, 11) is 0. The van der Waals surface area contributed by atoms with E-state index in [-0.39, 0.29) is 24.5 Å². The van der Waals surface area contributed by atoms with Gasteiger partial charge in [0.05, 0.1) is 16.4 Å². The Labute approximate surface area is 125 Å². The van der Waals surface area contributed by atoms with Crippen molar-refractivity contribution < 1.29 is 9.90 Å². The summed E-state index contributed by atoms with van der Waals surface area (Å²) in [5, 5.41) is 16.8. The molecule has 0 saturated heterocycles. The molecule has 1 aromatic heterocycles. The van der Waals surface area contributed by atoms with Crippen molar-refractivity contribution >= 4 is 17.5 Å². The minimum absolute atomic E-state index is 0.0749. The minimum Gasteiger partial charge on any atom is -0.396 e. The first-order chi connectivity index (χ1) is 9.26. The highest BCUT2D eigenvalue weighted by molar-refractivity contribution is 6.31. The Bertz CT molecular complexity index is 469. The van der Waals surface area contributed by atoms with Gasteiger partial charge in [-0.15, -0.1) is 0 Å². The number of aryl methyl sites for hydroxylation is 1. The van der Waals surface area contributed by atoms with Crippen molar-refractivity contribution in [1.82, 2.24) is 15.1 Å². The summed E-state index contributed by atoms with van der Waals surface area (Å²) in [6.45, 7) is 8.63. The van der Waals surface area contributed by atoms with E-state index in [1.165, 1.54) is 0 Å². The van der Waals surface area contributed by atoms with Gasteiger partial charge >= 0.3 is 0 Å². The number of nitrogens with one attached hydrogen (secondary N) is 1. The summed E-state index contributed by atoms with van der Waals surface area (Å²) >= 11 is 6.04. The van der Waals surface area contributed by atoms with Crippen molar-refractivity contribution in [3.8, 4) is 0 Å². The fraction of sp³-hybridized carbons (Fsp3) is 0.714. The Hall–Kier alpha value is -1.07. The average Bonchev–Trinajstić information content (AvgIpc) is 2.62. The van der Waals surface area contributed by atoms with Gasteiger partial charge < -0.3 is 10.4 Å².